The monoisotopic (exact) mass is 249 g/mol. The summed E-state index contributed by atoms with van der Waals surface area (Å²) in [4.78, 5) is 0. The lowest BCUT2D eigenvalue weighted by atomic mass is 10.2. The van der Waals surface area contributed by atoms with E-state index in [9.17, 15) is 0 Å². The quantitative estimate of drug-likeness (QED) is 0.684. The Kier molecular flexibility index (Phi) is 5.49. The molecular formula is C15H23NO2. The van der Waals surface area contributed by atoms with Crippen LogP contribution in [0.1, 0.15) is 31.2 Å². The molecule has 1 saturated carbocycles. The molecule has 0 aliphatic heterocycles. The Balaban J connectivity index is 1.53. The molecule has 3 heteroatoms. The van der Waals surface area contributed by atoms with Crippen molar-refractivity contribution in [2.45, 2.75) is 32.2 Å². The molecule has 3 nitrogen and oxygen atoms in total. The average Bonchev–Trinajstić information content (AvgIpc) is 3.22. The van der Waals surface area contributed by atoms with Crippen LogP contribution in [0.5, 0.6) is 5.75 Å². The van der Waals surface area contributed by atoms with Crippen molar-refractivity contribution in [3.05, 3.63) is 29.8 Å². The highest BCUT2D eigenvalue weighted by molar-refractivity contribution is 5.32. The highest BCUT2D eigenvalue weighted by Crippen LogP contribution is 2.32. The first-order valence-electron chi connectivity index (χ1n) is 6.88. The zero-order chi connectivity index (χ0) is 12.6. The van der Waals surface area contributed by atoms with E-state index in [1.165, 1.54) is 19.3 Å². The molecule has 0 aromatic heterocycles. The van der Waals surface area contributed by atoms with E-state index in [0.29, 0.717) is 13.2 Å². The summed E-state index contributed by atoms with van der Waals surface area (Å²) in [5.74, 6) is 1.86. The zero-order valence-electron chi connectivity index (χ0n) is 10.9. The van der Waals surface area contributed by atoms with Crippen molar-refractivity contribution in [1.29, 1.82) is 0 Å². The summed E-state index contributed by atoms with van der Waals surface area (Å²) in [6.45, 7) is 2.91. The van der Waals surface area contributed by atoms with Crippen LogP contribution in [0.25, 0.3) is 0 Å². The Bertz CT molecular complexity index is 350. The molecule has 2 rings (SSSR count). The van der Waals surface area contributed by atoms with Crippen LogP contribution in [0, 0.1) is 5.92 Å². The van der Waals surface area contributed by atoms with Crippen LogP contribution >= 0.6 is 0 Å². The number of nitrogens with two attached hydrogens (primary N) is 1. The lowest BCUT2D eigenvalue weighted by Crippen LogP contribution is -2.06. The van der Waals surface area contributed by atoms with Gasteiger partial charge in [-0.1, -0.05) is 31.0 Å². The lowest BCUT2D eigenvalue weighted by molar-refractivity contribution is 0.114. The fourth-order valence-corrected chi connectivity index (χ4v) is 1.91. The molecule has 0 saturated heterocycles. The lowest BCUT2D eigenvalue weighted by Gasteiger charge is -2.10. The van der Waals surface area contributed by atoms with Crippen molar-refractivity contribution in [2.24, 2.45) is 11.7 Å². The van der Waals surface area contributed by atoms with Gasteiger partial charge in [0.15, 0.2) is 0 Å². The fourth-order valence-electron chi connectivity index (χ4n) is 1.91. The fraction of sp³-hybridized carbons (Fsp3) is 0.600. The summed E-state index contributed by atoms with van der Waals surface area (Å²) in [7, 11) is 0. The minimum atomic E-state index is 0.522. The van der Waals surface area contributed by atoms with Crippen LogP contribution in [-0.4, -0.2) is 19.8 Å². The van der Waals surface area contributed by atoms with Gasteiger partial charge in [-0.05, 0) is 18.4 Å². The number of benzene rings is 1. The molecule has 0 radical (unpaired) electrons. The Labute approximate surface area is 109 Å². The third-order valence-electron chi connectivity index (χ3n) is 3.25. The number of para-hydroxylation sites is 1. The summed E-state index contributed by atoms with van der Waals surface area (Å²) >= 11 is 0. The van der Waals surface area contributed by atoms with Crippen LogP contribution in [0.2, 0.25) is 0 Å². The molecule has 0 atom stereocenters. The van der Waals surface area contributed by atoms with Crippen LogP contribution in [-0.2, 0) is 11.3 Å². The number of rotatable bonds is 9. The molecule has 1 fully saturated rings. The van der Waals surface area contributed by atoms with E-state index in [-0.39, 0.29) is 0 Å². The third kappa shape index (κ3) is 4.67. The molecular weight excluding hydrogens is 226 g/mol. The maximum atomic E-state index is 5.71. The molecule has 0 unspecified atom stereocenters. The van der Waals surface area contributed by atoms with Gasteiger partial charge in [-0.25, -0.2) is 0 Å². The van der Waals surface area contributed by atoms with Gasteiger partial charge in [0, 0.05) is 31.7 Å². The van der Waals surface area contributed by atoms with Gasteiger partial charge in [-0.2, -0.15) is 0 Å². The van der Waals surface area contributed by atoms with Crippen LogP contribution < -0.4 is 10.5 Å². The molecule has 1 aliphatic carbocycles. The molecule has 0 spiro atoms. The predicted octanol–water partition coefficient (Wildman–Crippen LogP) is 2.73. The maximum absolute atomic E-state index is 5.71. The molecule has 1 aromatic carbocycles. The Morgan fingerprint density at radius 2 is 1.94 bits per heavy atom. The summed E-state index contributed by atoms with van der Waals surface area (Å²) in [6.07, 6.45) is 4.98. The van der Waals surface area contributed by atoms with Crippen molar-refractivity contribution < 1.29 is 9.47 Å². The molecule has 0 amide bonds. The first-order chi connectivity index (χ1) is 8.90. The maximum Gasteiger partial charge on any atom is 0.123 e. The van der Waals surface area contributed by atoms with E-state index in [1.54, 1.807) is 0 Å². The summed E-state index contributed by atoms with van der Waals surface area (Å²) < 4.78 is 11.3. The van der Waals surface area contributed by atoms with Crippen molar-refractivity contribution >= 4 is 0 Å². The van der Waals surface area contributed by atoms with E-state index in [4.69, 9.17) is 15.2 Å². The minimum Gasteiger partial charge on any atom is -0.493 e. The smallest absolute Gasteiger partial charge is 0.123 e. The number of hydrogen-bond donors (Lipinski definition) is 1. The SMILES string of the molecule is NCc1ccccc1OCCCOCCC1CC1. The molecule has 0 heterocycles. The third-order valence-corrected chi connectivity index (χ3v) is 3.25. The van der Waals surface area contributed by atoms with Crippen LogP contribution in [0.3, 0.4) is 0 Å². The second-order valence-electron chi connectivity index (χ2n) is 4.86. The van der Waals surface area contributed by atoms with Crippen molar-refractivity contribution in [2.75, 3.05) is 19.8 Å². The van der Waals surface area contributed by atoms with Crippen LogP contribution in [0.15, 0.2) is 24.3 Å². The van der Waals surface area contributed by atoms with Crippen molar-refractivity contribution in [1.82, 2.24) is 0 Å². The topological polar surface area (TPSA) is 44.5 Å². The molecule has 100 valence electrons. The predicted molar refractivity (Wildman–Crippen MR) is 72.6 cm³/mol. The Morgan fingerprint density at radius 3 is 2.72 bits per heavy atom. The van der Waals surface area contributed by atoms with E-state index in [1.807, 2.05) is 24.3 Å². The summed E-state index contributed by atoms with van der Waals surface area (Å²) in [5.41, 5.74) is 6.71. The van der Waals surface area contributed by atoms with Gasteiger partial charge in [-0.15, -0.1) is 0 Å². The number of hydrogen-bond acceptors (Lipinski definition) is 3. The second-order valence-corrected chi connectivity index (χ2v) is 4.86. The molecule has 2 N–H and O–H groups in total. The van der Waals surface area contributed by atoms with Gasteiger partial charge >= 0.3 is 0 Å². The van der Waals surface area contributed by atoms with Gasteiger partial charge in [0.1, 0.15) is 5.75 Å². The van der Waals surface area contributed by atoms with E-state index in [2.05, 4.69) is 0 Å². The highest BCUT2D eigenvalue weighted by atomic mass is 16.5. The van der Waals surface area contributed by atoms with Gasteiger partial charge in [0.05, 0.1) is 6.61 Å². The van der Waals surface area contributed by atoms with Gasteiger partial charge in [0.25, 0.3) is 0 Å². The molecule has 0 bridgehead atoms. The summed E-state index contributed by atoms with van der Waals surface area (Å²) in [6, 6.07) is 7.92. The zero-order valence-corrected chi connectivity index (χ0v) is 10.9. The first kappa shape index (κ1) is 13.4. The first-order valence-corrected chi connectivity index (χ1v) is 6.88. The van der Waals surface area contributed by atoms with Gasteiger partial charge in [-0.3, -0.25) is 0 Å². The van der Waals surface area contributed by atoms with Crippen LogP contribution in [0.4, 0.5) is 0 Å². The van der Waals surface area contributed by atoms with Crippen molar-refractivity contribution in [3.63, 3.8) is 0 Å². The normalized spacial score (nSPS) is 14.7. The minimum absolute atomic E-state index is 0.522. The van der Waals surface area contributed by atoms with E-state index >= 15 is 0 Å². The second kappa shape index (κ2) is 7.39. The van der Waals surface area contributed by atoms with E-state index < -0.39 is 0 Å². The molecule has 1 aromatic rings. The Hall–Kier alpha value is -1.06. The largest absolute Gasteiger partial charge is 0.493 e. The molecule has 1 aliphatic rings. The number of ether oxygens (including phenoxy) is 2. The van der Waals surface area contributed by atoms with Gasteiger partial charge in [0.2, 0.25) is 0 Å². The standard InChI is InChI=1S/C15H23NO2/c16-12-14-4-1-2-5-15(14)18-10-3-9-17-11-8-13-6-7-13/h1-2,4-5,13H,3,6-12,16H2. The highest BCUT2D eigenvalue weighted by Gasteiger charge is 2.20. The Morgan fingerprint density at radius 1 is 1.11 bits per heavy atom. The van der Waals surface area contributed by atoms with Gasteiger partial charge < -0.3 is 15.2 Å². The molecule has 18 heavy (non-hydrogen) atoms. The van der Waals surface area contributed by atoms with E-state index in [0.717, 1.165) is 36.9 Å². The average molecular weight is 249 g/mol. The van der Waals surface area contributed by atoms with Crippen molar-refractivity contribution in [3.8, 4) is 5.75 Å². The summed E-state index contributed by atoms with van der Waals surface area (Å²) in [5, 5.41) is 0.